The standard InChI is InChI=1S/C23H23F4N5O2.C16H19BrFN5O2/c1-22(2,3)34-21(33)32-11-16(24)17(12-32)31-20-19-18(28-8-9-29-19)15(10-30-20)13-4-6-14(7-5-13)23(25,26)27;1-16(2,3)25-15(24)23-7-10(18)11(8-23)22-14-13-12(9(17)6-21-14)19-4-5-20-13/h4-10,16-17H,11-12H2,1-3H3,(H,30,31);4-6,10-11H,7-8H2,1-3H3,(H,21,22)/t16-,17+;10-,11+/m00/s1. The summed E-state index contributed by atoms with van der Waals surface area (Å²) >= 11 is 3.38. The number of likely N-dealkylation sites (tertiary alicyclic amines) is 2. The fourth-order valence-corrected chi connectivity index (χ4v) is 6.65. The van der Waals surface area contributed by atoms with Crippen LogP contribution < -0.4 is 10.6 Å². The summed E-state index contributed by atoms with van der Waals surface area (Å²) in [7, 11) is 0. The topological polar surface area (TPSA) is 160 Å². The molecule has 4 aromatic heterocycles. The quantitative estimate of drug-likeness (QED) is 0.163. The molecule has 59 heavy (non-hydrogen) atoms. The first-order chi connectivity index (χ1) is 27.7. The number of hydrogen-bond acceptors (Lipinski definition) is 12. The minimum absolute atomic E-state index is 0.0211. The summed E-state index contributed by atoms with van der Waals surface area (Å²) in [6.07, 6.45) is 0.915. The molecule has 2 aliphatic rings. The number of pyridine rings is 2. The second-order valence-electron chi connectivity index (χ2n) is 15.9. The van der Waals surface area contributed by atoms with Crippen LogP contribution in [0.1, 0.15) is 47.1 Å². The van der Waals surface area contributed by atoms with Gasteiger partial charge >= 0.3 is 18.4 Å². The number of nitrogens with zero attached hydrogens (tertiary/aromatic N) is 8. The Morgan fingerprint density at radius 3 is 1.53 bits per heavy atom. The Kier molecular flexibility index (Phi) is 12.4. The molecule has 4 atom stereocenters. The Labute approximate surface area is 344 Å². The van der Waals surface area contributed by atoms with Crippen molar-refractivity contribution in [3.63, 3.8) is 0 Å². The normalized spacial score (nSPS) is 19.7. The molecule has 2 N–H and O–H groups in total. The Bertz CT molecular complexity index is 2310. The van der Waals surface area contributed by atoms with Crippen LogP contribution in [-0.2, 0) is 15.7 Å². The summed E-state index contributed by atoms with van der Waals surface area (Å²) in [5, 5.41) is 6.05. The molecule has 20 heteroatoms. The summed E-state index contributed by atoms with van der Waals surface area (Å²) in [5.74, 6) is 0.697. The van der Waals surface area contributed by atoms with Gasteiger partial charge in [0.2, 0.25) is 0 Å². The predicted molar refractivity (Wildman–Crippen MR) is 213 cm³/mol. The first-order valence-electron chi connectivity index (χ1n) is 18.5. The minimum atomic E-state index is -4.44. The van der Waals surface area contributed by atoms with E-state index in [9.17, 15) is 31.5 Å². The van der Waals surface area contributed by atoms with Crippen LogP contribution in [0.2, 0.25) is 0 Å². The van der Waals surface area contributed by atoms with E-state index in [-0.39, 0.29) is 32.0 Å². The van der Waals surface area contributed by atoms with Gasteiger partial charge in [-0.2, -0.15) is 13.2 Å². The van der Waals surface area contributed by atoms with Crippen molar-refractivity contribution in [3.05, 3.63) is 71.5 Å². The second-order valence-corrected chi connectivity index (χ2v) is 16.7. The molecule has 14 nitrogen and oxygen atoms in total. The number of benzene rings is 1. The molecule has 0 unspecified atom stereocenters. The molecule has 0 radical (unpaired) electrons. The van der Waals surface area contributed by atoms with Crippen molar-refractivity contribution in [2.75, 3.05) is 36.8 Å². The van der Waals surface area contributed by atoms with Gasteiger partial charge < -0.3 is 29.9 Å². The summed E-state index contributed by atoms with van der Waals surface area (Å²) in [6.45, 7) is 10.6. The number of rotatable bonds is 5. The molecule has 314 valence electrons. The zero-order valence-corrected chi connectivity index (χ0v) is 34.5. The highest BCUT2D eigenvalue weighted by atomic mass is 79.9. The van der Waals surface area contributed by atoms with Gasteiger partial charge in [0.15, 0.2) is 11.6 Å². The van der Waals surface area contributed by atoms with Gasteiger partial charge in [0.05, 0.1) is 35.2 Å². The van der Waals surface area contributed by atoms with Gasteiger partial charge in [-0.1, -0.05) is 12.1 Å². The third-order valence-corrected chi connectivity index (χ3v) is 9.50. The number of alkyl halides is 5. The maximum atomic E-state index is 14.7. The Hall–Kier alpha value is -5.53. The lowest BCUT2D eigenvalue weighted by Gasteiger charge is -2.24. The first kappa shape index (κ1) is 43.1. The van der Waals surface area contributed by atoms with E-state index in [0.717, 1.165) is 12.1 Å². The second kappa shape index (κ2) is 17.0. The van der Waals surface area contributed by atoms with Crippen LogP contribution in [0.15, 0.2) is 65.9 Å². The van der Waals surface area contributed by atoms with Crippen molar-refractivity contribution in [2.45, 2.75) is 83.3 Å². The van der Waals surface area contributed by atoms with Crippen molar-refractivity contribution in [1.29, 1.82) is 0 Å². The monoisotopic (exact) mass is 888 g/mol. The van der Waals surface area contributed by atoms with Gasteiger partial charge in [0, 0.05) is 55.8 Å². The highest BCUT2D eigenvalue weighted by Gasteiger charge is 2.39. The van der Waals surface area contributed by atoms with Gasteiger partial charge in [-0.15, -0.1) is 0 Å². The van der Waals surface area contributed by atoms with E-state index in [1.807, 2.05) is 0 Å². The zero-order chi connectivity index (χ0) is 42.9. The van der Waals surface area contributed by atoms with E-state index >= 15 is 0 Å². The highest BCUT2D eigenvalue weighted by Crippen LogP contribution is 2.34. The zero-order valence-electron chi connectivity index (χ0n) is 32.9. The van der Waals surface area contributed by atoms with E-state index < -0.39 is 59.6 Å². The molecule has 0 saturated carbocycles. The fourth-order valence-electron chi connectivity index (χ4n) is 6.25. The lowest BCUT2D eigenvalue weighted by Crippen LogP contribution is -2.36. The molecular formula is C39H42BrF5N10O4. The largest absolute Gasteiger partial charge is 0.444 e. The van der Waals surface area contributed by atoms with E-state index in [1.165, 1.54) is 40.5 Å². The number of halogens is 6. The number of carbonyl (C=O) groups excluding carboxylic acids is 2. The summed E-state index contributed by atoms with van der Waals surface area (Å²) in [5.41, 5.74) is 0.808. The van der Waals surface area contributed by atoms with Crippen molar-refractivity contribution >= 4 is 61.8 Å². The fraction of sp³-hybridized carbons (Fsp3) is 0.436. The smallest absolute Gasteiger partial charge is 0.416 e. The molecule has 5 aromatic rings. The molecule has 0 spiro atoms. The van der Waals surface area contributed by atoms with Crippen molar-refractivity contribution < 1.29 is 41.0 Å². The van der Waals surface area contributed by atoms with E-state index in [1.54, 1.807) is 60.1 Å². The first-order valence-corrected chi connectivity index (χ1v) is 19.3. The summed E-state index contributed by atoms with van der Waals surface area (Å²) in [4.78, 5) is 52.8. The molecule has 2 fully saturated rings. The lowest BCUT2D eigenvalue weighted by atomic mass is 10.0. The van der Waals surface area contributed by atoms with Crippen molar-refractivity contribution in [3.8, 4) is 11.1 Å². The number of ether oxygens (including phenoxy) is 2. The lowest BCUT2D eigenvalue weighted by molar-refractivity contribution is -0.137. The van der Waals surface area contributed by atoms with Crippen LogP contribution in [0, 0.1) is 0 Å². The predicted octanol–water partition coefficient (Wildman–Crippen LogP) is 8.24. The molecule has 2 amide bonds. The van der Waals surface area contributed by atoms with Gasteiger partial charge in [-0.3, -0.25) is 9.97 Å². The van der Waals surface area contributed by atoms with Gasteiger partial charge in [0.25, 0.3) is 0 Å². The third-order valence-electron chi connectivity index (χ3n) is 8.92. The number of amides is 2. The van der Waals surface area contributed by atoms with Crippen LogP contribution in [0.3, 0.4) is 0 Å². The Balaban J connectivity index is 0.000000208. The Morgan fingerprint density at radius 1 is 0.644 bits per heavy atom. The number of anilines is 2. The molecule has 1 aromatic carbocycles. The molecule has 6 heterocycles. The van der Waals surface area contributed by atoms with Gasteiger partial charge in [0.1, 0.15) is 45.6 Å². The Morgan fingerprint density at radius 2 is 1.07 bits per heavy atom. The molecular weight excluding hydrogens is 847 g/mol. The van der Waals surface area contributed by atoms with Gasteiger partial charge in [-0.05, 0) is 75.2 Å². The van der Waals surface area contributed by atoms with E-state index in [4.69, 9.17) is 9.47 Å². The van der Waals surface area contributed by atoms with Gasteiger partial charge in [-0.25, -0.2) is 38.3 Å². The maximum Gasteiger partial charge on any atom is 0.416 e. The van der Waals surface area contributed by atoms with Crippen molar-refractivity contribution in [1.82, 2.24) is 39.7 Å². The van der Waals surface area contributed by atoms with Crippen LogP contribution in [-0.4, -0.2) is 114 Å². The average Bonchev–Trinajstić information content (AvgIpc) is 3.72. The van der Waals surface area contributed by atoms with Crippen molar-refractivity contribution in [2.24, 2.45) is 0 Å². The third kappa shape index (κ3) is 10.6. The van der Waals surface area contributed by atoms with Crippen LogP contribution >= 0.6 is 15.9 Å². The number of aromatic nitrogens is 6. The average molecular weight is 890 g/mol. The van der Waals surface area contributed by atoms with E-state index in [2.05, 4.69) is 56.5 Å². The van der Waals surface area contributed by atoms with E-state index in [0.29, 0.717) is 43.5 Å². The minimum Gasteiger partial charge on any atom is -0.444 e. The van der Waals surface area contributed by atoms with Crippen LogP contribution in [0.25, 0.3) is 33.2 Å². The number of fused-ring (bicyclic) bond motifs is 2. The molecule has 0 aliphatic carbocycles. The number of hydrogen-bond donors (Lipinski definition) is 2. The maximum absolute atomic E-state index is 14.7. The number of carbonyl (C=O) groups is 2. The SMILES string of the molecule is CC(C)(C)OC(=O)N1C[C@H](F)[C@H](Nc2ncc(-c3ccc(C(F)(F)F)cc3)c3nccnc23)C1.CC(C)(C)OC(=O)N1C[C@H](F)[C@H](Nc2ncc(Br)c3nccnc23)C1. The van der Waals surface area contributed by atoms with Crippen LogP contribution in [0.4, 0.5) is 43.2 Å². The summed E-state index contributed by atoms with van der Waals surface area (Å²) < 4.78 is 79.2. The molecule has 7 rings (SSSR count). The molecule has 0 bridgehead atoms. The van der Waals surface area contributed by atoms with Crippen LogP contribution in [0.5, 0.6) is 0 Å². The molecule has 2 saturated heterocycles. The highest BCUT2D eigenvalue weighted by molar-refractivity contribution is 9.10. The summed E-state index contributed by atoms with van der Waals surface area (Å²) in [6, 6.07) is 3.32. The number of nitrogens with one attached hydrogen (secondary N) is 2. The molecule has 2 aliphatic heterocycles.